The molecule has 1 aromatic heterocycles. The Labute approximate surface area is 108 Å². The molecule has 1 unspecified atom stereocenters. The maximum atomic E-state index is 11.8. The number of pyridine rings is 1. The Hall–Kier alpha value is -1.62. The van der Waals surface area contributed by atoms with Gasteiger partial charge in [-0.2, -0.15) is 0 Å². The van der Waals surface area contributed by atoms with Gasteiger partial charge >= 0.3 is 0 Å². The van der Waals surface area contributed by atoms with Crippen molar-refractivity contribution in [3.05, 3.63) is 23.9 Å². The first-order chi connectivity index (χ1) is 8.76. The van der Waals surface area contributed by atoms with E-state index in [2.05, 4.69) is 26.6 Å². The summed E-state index contributed by atoms with van der Waals surface area (Å²) in [5, 5.41) is 5.81. The van der Waals surface area contributed by atoms with Gasteiger partial charge in [-0.15, -0.1) is 0 Å². The maximum Gasteiger partial charge on any atom is 0.242 e. The summed E-state index contributed by atoms with van der Waals surface area (Å²) in [6.45, 7) is 1.71. The van der Waals surface area contributed by atoms with Gasteiger partial charge in [-0.25, -0.2) is 4.98 Å². The third-order valence-corrected chi connectivity index (χ3v) is 3.29. The second-order valence-electron chi connectivity index (χ2n) is 4.52. The van der Waals surface area contributed by atoms with Crippen molar-refractivity contribution in [1.29, 1.82) is 0 Å². The molecule has 1 aromatic rings. The highest BCUT2D eigenvalue weighted by Crippen LogP contribution is 2.23. The van der Waals surface area contributed by atoms with Gasteiger partial charge in [0.1, 0.15) is 11.9 Å². The van der Waals surface area contributed by atoms with E-state index >= 15 is 0 Å². The molecule has 1 aliphatic rings. The topological polar surface area (TPSA) is 57.3 Å². The molecular formula is C13H20N4O. The van der Waals surface area contributed by atoms with Gasteiger partial charge in [-0.1, -0.05) is 6.07 Å². The number of rotatable bonds is 4. The van der Waals surface area contributed by atoms with Gasteiger partial charge in [0.15, 0.2) is 0 Å². The van der Waals surface area contributed by atoms with Crippen LogP contribution in [0.25, 0.3) is 0 Å². The van der Waals surface area contributed by atoms with Crippen LogP contribution in [0.15, 0.2) is 18.3 Å². The Morgan fingerprint density at radius 3 is 2.94 bits per heavy atom. The van der Waals surface area contributed by atoms with E-state index in [1.165, 1.54) is 0 Å². The first kappa shape index (κ1) is 12.8. The minimum absolute atomic E-state index is 0.0716. The molecule has 1 fully saturated rings. The number of nitrogens with zero attached hydrogens (tertiary/aromatic N) is 2. The molecule has 0 aliphatic carbocycles. The Morgan fingerprint density at radius 1 is 1.50 bits per heavy atom. The zero-order chi connectivity index (χ0) is 13.0. The van der Waals surface area contributed by atoms with Gasteiger partial charge in [0.25, 0.3) is 0 Å². The molecule has 1 aliphatic heterocycles. The molecule has 5 nitrogen and oxygen atoms in total. The van der Waals surface area contributed by atoms with Crippen LogP contribution in [0.5, 0.6) is 0 Å². The summed E-state index contributed by atoms with van der Waals surface area (Å²) in [7, 11) is 3.60. The van der Waals surface area contributed by atoms with E-state index in [9.17, 15) is 4.79 Å². The quantitative estimate of drug-likeness (QED) is 0.815. The van der Waals surface area contributed by atoms with Crippen LogP contribution >= 0.6 is 0 Å². The molecule has 2 heterocycles. The zero-order valence-corrected chi connectivity index (χ0v) is 10.9. The van der Waals surface area contributed by atoms with Crippen LogP contribution in [0, 0.1) is 0 Å². The van der Waals surface area contributed by atoms with Gasteiger partial charge in [0, 0.05) is 26.3 Å². The molecule has 5 heteroatoms. The third kappa shape index (κ3) is 2.61. The fraction of sp³-hybridized carbons (Fsp3) is 0.538. The lowest BCUT2D eigenvalue weighted by Crippen LogP contribution is -2.42. The Kier molecular flexibility index (Phi) is 4.15. The molecule has 0 bridgehead atoms. The Morgan fingerprint density at radius 2 is 2.33 bits per heavy atom. The number of hydrogen-bond acceptors (Lipinski definition) is 4. The second-order valence-corrected chi connectivity index (χ2v) is 4.52. The van der Waals surface area contributed by atoms with Gasteiger partial charge in [0.05, 0.1) is 0 Å². The molecule has 2 rings (SSSR count). The van der Waals surface area contributed by atoms with Crippen molar-refractivity contribution < 1.29 is 4.79 Å². The van der Waals surface area contributed by atoms with Crippen LogP contribution in [-0.2, 0) is 11.3 Å². The lowest BCUT2D eigenvalue weighted by atomic mass is 10.2. The SMILES string of the molecule is CNCc1ccc(N2CCCC2C(=O)NC)nc1. The van der Waals surface area contributed by atoms with Gasteiger partial charge in [-0.05, 0) is 31.5 Å². The highest BCUT2D eigenvalue weighted by molar-refractivity contribution is 5.85. The van der Waals surface area contributed by atoms with Crippen molar-refractivity contribution in [2.75, 3.05) is 25.5 Å². The minimum atomic E-state index is -0.0716. The summed E-state index contributed by atoms with van der Waals surface area (Å²) < 4.78 is 0. The molecule has 1 amide bonds. The molecule has 2 N–H and O–H groups in total. The van der Waals surface area contributed by atoms with Crippen LogP contribution in [0.2, 0.25) is 0 Å². The molecular weight excluding hydrogens is 228 g/mol. The Bertz CT molecular complexity index is 404. The molecule has 0 radical (unpaired) electrons. The third-order valence-electron chi connectivity index (χ3n) is 3.29. The van der Waals surface area contributed by atoms with E-state index in [1.54, 1.807) is 7.05 Å². The summed E-state index contributed by atoms with van der Waals surface area (Å²) >= 11 is 0. The standard InChI is InChI=1S/C13H20N4O/c1-14-8-10-5-6-12(16-9-10)17-7-3-4-11(17)13(18)15-2/h5-6,9,11,14H,3-4,7-8H2,1-2H3,(H,15,18). The second kappa shape index (κ2) is 5.82. The van der Waals surface area contributed by atoms with E-state index in [0.717, 1.165) is 37.3 Å². The smallest absolute Gasteiger partial charge is 0.242 e. The molecule has 18 heavy (non-hydrogen) atoms. The predicted octanol–water partition coefficient (Wildman–Crippen LogP) is 0.516. The van der Waals surface area contributed by atoms with E-state index in [4.69, 9.17) is 0 Å². The highest BCUT2D eigenvalue weighted by atomic mass is 16.2. The molecule has 0 aromatic carbocycles. The summed E-state index contributed by atoms with van der Waals surface area (Å²) in [6, 6.07) is 3.98. The van der Waals surface area contributed by atoms with E-state index in [1.807, 2.05) is 19.3 Å². The molecule has 1 atom stereocenters. The largest absolute Gasteiger partial charge is 0.357 e. The van der Waals surface area contributed by atoms with Crippen LogP contribution in [-0.4, -0.2) is 37.6 Å². The number of amides is 1. The average Bonchev–Trinajstić information content (AvgIpc) is 2.88. The first-order valence-electron chi connectivity index (χ1n) is 6.34. The number of anilines is 1. The monoisotopic (exact) mass is 248 g/mol. The number of hydrogen-bond donors (Lipinski definition) is 2. The molecule has 0 spiro atoms. The van der Waals surface area contributed by atoms with Crippen LogP contribution < -0.4 is 15.5 Å². The minimum Gasteiger partial charge on any atom is -0.357 e. The van der Waals surface area contributed by atoms with Crippen molar-refractivity contribution in [3.8, 4) is 0 Å². The first-order valence-corrected chi connectivity index (χ1v) is 6.34. The fourth-order valence-electron chi connectivity index (χ4n) is 2.38. The number of aromatic nitrogens is 1. The summed E-state index contributed by atoms with van der Waals surface area (Å²) in [5.41, 5.74) is 1.15. The van der Waals surface area contributed by atoms with Crippen LogP contribution in [0.4, 0.5) is 5.82 Å². The van der Waals surface area contributed by atoms with Crippen molar-refractivity contribution in [1.82, 2.24) is 15.6 Å². The fourth-order valence-corrected chi connectivity index (χ4v) is 2.38. The van der Waals surface area contributed by atoms with Crippen molar-refractivity contribution in [2.45, 2.75) is 25.4 Å². The van der Waals surface area contributed by atoms with Crippen molar-refractivity contribution in [3.63, 3.8) is 0 Å². The lowest BCUT2D eigenvalue weighted by Gasteiger charge is -2.24. The number of carbonyl (C=O) groups is 1. The van der Waals surface area contributed by atoms with E-state index in [-0.39, 0.29) is 11.9 Å². The van der Waals surface area contributed by atoms with Gasteiger partial charge < -0.3 is 15.5 Å². The van der Waals surface area contributed by atoms with Crippen LogP contribution in [0.3, 0.4) is 0 Å². The summed E-state index contributed by atoms with van der Waals surface area (Å²) in [6.07, 6.45) is 3.81. The number of carbonyl (C=O) groups excluding carboxylic acids is 1. The summed E-state index contributed by atoms with van der Waals surface area (Å²) in [4.78, 5) is 18.3. The molecule has 1 saturated heterocycles. The van der Waals surface area contributed by atoms with E-state index in [0.29, 0.717) is 0 Å². The van der Waals surface area contributed by atoms with Crippen LogP contribution in [0.1, 0.15) is 18.4 Å². The Balaban J connectivity index is 2.12. The zero-order valence-electron chi connectivity index (χ0n) is 10.9. The predicted molar refractivity (Wildman–Crippen MR) is 71.4 cm³/mol. The van der Waals surface area contributed by atoms with E-state index < -0.39 is 0 Å². The normalized spacial score (nSPS) is 19.0. The number of nitrogens with one attached hydrogen (secondary N) is 2. The number of likely N-dealkylation sites (N-methyl/N-ethyl adjacent to an activating group) is 1. The van der Waals surface area contributed by atoms with Gasteiger partial charge in [-0.3, -0.25) is 4.79 Å². The molecule has 98 valence electrons. The van der Waals surface area contributed by atoms with Crippen molar-refractivity contribution in [2.24, 2.45) is 0 Å². The maximum absolute atomic E-state index is 11.8. The lowest BCUT2D eigenvalue weighted by molar-refractivity contribution is -0.121. The highest BCUT2D eigenvalue weighted by Gasteiger charge is 2.30. The van der Waals surface area contributed by atoms with Crippen molar-refractivity contribution >= 4 is 11.7 Å². The van der Waals surface area contributed by atoms with Gasteiger partial charge in [0.2, 0.25) is 5.91 Å². The molecule has 0 saturated carbocycles. The summed E-state index contributed by atoms with van der Waals surface area (Å²) in [5.74, 6) is 0.967. The average molecular weight is 248 g/mol.